The number of fused-ring (bicyclic) bond motifs is 2. The van der Waals surface area contributed by atoms with Crippen molar-refractivity contribution in [3.63, 3.8) is 0 Å². The van der Waals surface area contributed by atoms with Crippen LogP contribution in [0.4, 0.5) is 0 Å². The van der Waals surface area contributed by atoms with Crippen molar-refractivity contribution in [2.75, 3.05) is 48.4 Å². The van der Waals surface area contributed by atoms with Crippen LogP contribution in [0.25, 0.3) is 21.8 Å². The van der Waals surface area contributed by atoms with E-state index in [1.54, 1.807) is 7.11 Å². The summed E-state index contributed by atoms with van der Waals surface area (Å²) in [5.74, 6) is 1.31. The number of hydrogen-bond acceptors (Lipinski definition) is 6. The number of unbranched alkanes of at least 4 members (excludes halogenated alkanes) is 2. The fourth-order valence-corrected chi connectivity index (χ4v) is 4.45. The number of nitrogens with one attached hydrogen (secondary N) is 2. The molecule has 0 saturated heterocycles. The number of aromatic amines is 2. The molecule has 8 nitrogen and oxygen atoms in total. The lowest BCUT2D eigenvalue weighted by molar-refractivity contribution is -0.134. The van der Waals surface area contributed by atoms with Crippen molar-refractivity contribution in [2.45, 2.75) is 38.5 Å². The van der Waals surface area contributed by atoms with Crippen LogP contribution in [-0.4, -0.2) is 80.4 Å². The highest BCUT2D eigenvalue weighted by Gasteiger charge is 2.13. The maximum atomic E-state index is 12.0. The third kappa shape index (κ3) is 8.70. The van der Waals surface area contributed by atoms with Crippen molar-refractivity contribution in [3.05, 3.63) is 59.9 Å². The molecule has 2 aromatic carbocycles. The molecule has 0 amide bonds. The zero-order valence-electron chi connectivity index (χ0n) is 23.9. The lowest BCUT2D eigenvalue weighted by Crippen LogP contribution is -2.15. The first kappa shape index (κ1) is 29.9. The van der Waals surface area contributed by atoms with Crippen LogP contribution in [0.1, 0.15) is 36.8 Å². The highest BCUT2D eigenvalue weighted by molar-refractivity contribution is 5.91. The van der Waals surface area contributed by atoms with Gasteiger partial charge in [-0.15, -0.1) is 0 Å². The van der Waals surface area contributed by atoms with Crippen molar-refractivity contribution in [2.24, 2.45) is 0 Å². The van der Waals surface area contributed by atoms with Crippen LogP contribution in [0, 0.1) is 0 Å². The molecule has 0 radical (unpaired) electrons. The van der Waals surface area contributed by atoms with Gasteiger partial charge in [0.1, 0.15) is 17.8 Å². The van der Waals surface area contributed by atoms with Crippen LogP contribution >= 0.6 is 0 Å². The van der Waals surface area contributed by atoms with Crippen molar-refractivity contribution in [3.8, 4) is 11.5 Å². The van der Waals surface area contributed by atoms with Crippen LogP contribution < -0.4 is 9.47 Å². The number of likely N-dealkylation sites (N-methyl/N-ethyl adjacent to an activating group) is 2. The van der Waals surface area contributed by atoms with Crippen LogP contribution in [0.2, 0.25) is 0 Å². The molecule has 4 rings (SSSR count). The molecule has 0 unspecified atom stereocenters. The first-order chi connectivity index (χ1) is 18.8. The molecule has 8 heteroatoms. The second kappa shape index (κ2) is 15.1. The van der Waals surface area contributed by atoms with E-state index in [9.17, 15) is 9.59 Å². The molecular formula is C31H42N4O4. The Morgan fingerprint density at radius 2 is 1.36 bits per heavy atom. The highest BCUT2D eigenvalue weighted by Crippen LogP contribution is 2.30. The van der Waals surface area contributed by atoms with Gasteiger partial charge in [0.2, 0.25) is 0 Å². The molecule has 0 aliphatic heterocycles. The van der Waals surface area contributed by atoms with Gasteiger partial charge in [0.15, 0.2) is 0 Å². The van der Waals surface area contributed by atoms with Gasteiger partial charge in [-0.3, -0.25) is 4.79 Å². The van der Waals surface area contributed by atoms with Crippen molar-refractivity contribution in [1.82, 2.24) is 19.8 Å². The van der Waals surface area contributed by atoms with Crippen LogP contribution in [-0.2, 0) is 22.4 Å². The predicted octanol–water partition coefficient (Wildman–Crippen LogP) is 5.22. The van der Waals surface area contributed by atoms with E-state index in [-0.39, 0.29) is 5.97 Å². The smallest absolute Gasteiger partial charge is 0.311 e. The average Bonchev–Trinajstić information content (AvgIpc) is 3.54. The predicted molar refractivity (Wildman–Crippen MR) is 158 cm³/mol. The summed E-state index contributed by atoms with van der Waals surface area (Å²) in [5, 5.41) is 2.20. The Balaban J connectivity index is 0.000000230. The SMILES string of the molecule is CN(C)CCc1c[nH]c2cccc(OC(=O)CCCCC=O)c12.COc1cccc2[nH]cc(CCN(C)C)c12. The van der Waals surface area contributed by atoms with E-state index in [0.29, 0.717) is 25.0 Å². The molecular weight excluding hydrogens is 492 g/mol. The third-order valence-corrected chi connectivity index (χ3v) is 6.55. The third-order valence-electron chi connectivity index (χ3n) is 6.55. The molecule has 2 aromatic heterocycles. The van der Waals surface area contributed by atoms with Gasteiger partial charge in [-0.05, 0) is 89.3 Å². The molecule has 0 atom stereocenters. The number of esters is 1. The monoisotopic (exact) mass is 534 g/mol. The van der Waals surface area contributed by atoms with Crippen molar-refractivity contribution in [1.29, 1.82) is 0 Å². The van der Waals surface area contributed by atoms with Crippen LogP contribution in [0.3, 0.4) is 0 Å². The molecule has 0 fully saturated rings. The highest BCUT2D eigenvalue weighted by atomic mass is 16.5. The molecule has 0 aliphatic rings. The second-order valence-corrected chi connectivity index (χ2v) is 10.2. The summed E-state index contributed by atoms with van der Waals surface area (Å²) in [6, 6.07) is 11.8. The Labute approximate surface area is 231 Å². The van der Waals surface area contributed by atoms with Gasteiger partial charge in [0.25, 0.3) is 0 Å². The number of rotatable bonds is 13. The summed E-state index contributed by atoms with van der Waals surface area (Å²) < 4.78 is 11.0. The fraction of sp³-hybridized carbons (Fsp3) is 0.419. The molecule has 39 heavy (non-hydrogen) atoms. The lowest BCUT2D eigenvalue weighted by Gasteiger charge is -2.10. The Bertz CT molecular complexity index is 1340. The van der Waals surface area contributed by atoms with E-state index >= 15 is 0 Å². The van der Waals surface area contributed by atoms with E-state index in [2.05, 4.69) is 46.1 Å². The van der Waals surface area contributed by atoms with E-state index in [0.717, 1.165) is 66.4 Å². The van der Waals surface area contributed by atoms with Gasteiger partial charge in [-0.1, -0.05) is 12.1 Å². The Hall–Kier alpha value is -3.62. The average molecular weight is 535 g/mol. The van der Waals surface area contributed by atoms with Gasteiger partial charge >= 0.3 is 5.97 Å². The normalized spacial score (nSPS) is 11.2. The Kier molecular flexibility index (Phi) is 11.6. The number of methoxy groups -OCH3 is 1. The molecule has 0 saturated carbocycles. The number of carbonyl (C=O) groups is 2. The van der Waals surface area contributed by atoms with Gasteiger partial charge in [-0.25, -0.2) is 0 Å². The van der Waals surface area contributed by atoms with E-state index < -0.39 is 0 Å². The number of benzene rings is 2. The minimum Gasteiger partial charge on any atom is -0.496 e. The van der Waals surface area contributed by atoms with Crippen molar-refractivity contribution < 1.29 is 19.1 Å². The largest absolute Gasteiger partial charge is 0.496 e. The molecule has 210 valence electrons. The van der Waals surface area contributed by atoms with Crippen molar-refractivity contribution >= 4 is 34.1 Å². The first-order valence-electron chi connectivity index (χ1n) is 13.5. The summed E-state index contributed by atoms with van der Waals surface area (Å²) in [6.45, 7) is 1.98. The van der Waals surface area contributed by atoms with Gasteiger partial charge in [0.05, 0.1) is 7.11 Å². The summed E-state index contributed by atoms with van der Waals surface area (Å²) in [4.78, 5) is 33.1. The van der Waals surface area contributed by atoms with Crippen LogP contribution in [0.5, 0.6) is 11.5 Å². The lowest BCUT2D eigenvalue weighted by atomic mass is 10.1. The summed E-state index contributed by atoms with van der Waals surface area (Å²) in [5.41, 5.74) is 4.59. The number of aldehydes is 1. The maximum Gasteiger partial charge on any atom is 0.311 e. The molecule has 0 spiro atoms. The number of hydrogen-bond donors (Lipinski definition) is 2. The number of nitrogens with zero attached hydrogens (tertiary/aromatic N) is 2. The topological polar surface area (TPSA) is 90.7 Å². The molecule has 0 aliphatic carbocycles. The number of H-pyrrole nitrogens is 2. The first-order valence-corrected chi connectivity index (χ1v) is 13.5. The molecule has 2 N–H and O–H groups in total. The zero-order valence-corrected chi connectivity index (χ0v) is 23.9. The second-order valence-electron chi connectivity index (χ2n) is 10.2. The van der Waals surface area contributed by atoms with Gasteiger partial charge < -0.3 is 34.0 Å². The number of aromatic nitrogens is 2. The fourth-order valence-electron chi connectivity index (χ4n) is 4.45. The zero-order chi connectivity index (χ0) is 28.2. The number of ether oxygens (including phenoxy) is 2. The minimum atomic E-state index is -0.247. The summed E-state index contributed by atoms with van der Waals surface area (Å²) in [6.07, 6.45) is 9.09. The van der Waals surface area contributed by atoms with Gasteiger partial charge in [-0.2, -0.15) is 0 Å². The van der Waals surface area contributed by atoms with E-state index in [1.165, 1.54) is 10.9 Å². The molecule has 2 heterocycles. The molecule has 0 bridgehead atoms. The van der Waals surface area contributed by atoms with Gasteiger partial charge in [0, 0.05) is 60.1 Å². The molecule has 4 aromatic rings. The van der Waals surface area contributed by atoms with E-state index in [4.69, 9.17) is 9.47 Å². The summed E-state index contributed by atoms with van der Waals surface area (Å²) in [7, 11) is 9.97. The Morgan fingerprint density at radius 1 is 0.821 bits per heavy atom. The minimum absolute atomic E-state index is 0.247. The van der Waals surface area contributed by atoms with Crippen LogP contribution in [0.15, 0.2) is 48.8 Å². The Morgan fingerprint density at radius 3 is 1.87 bits per heavy atom. The standard InChI is InChI=1S/C18H24N2O3.C13H18N2O/c1-20(2)11-10-14-13-19-15-7-6-8-16(18(14)15)23-17(22)9-4-3-5-12-21;1-15(2)8-7-10-9-14-11-5-4-6-12(16-3)13(10)11/h6-8,12-13,19H,3-5,9-11H2,1-2H3;4-6,9,14H,7-8H2,1-3H3. The quantitative estimate of drug-likeness (QED) is 0.106. The summed E-state index contributed by atoms with van der Waals surface area (Å²) >= 11 is 0. The van der Waals surface area contributed by atoms with E-state index in [1.807, 2.05) is 50.6 Å². The maximum absolute atomic E-state index is 12.0. The number of carbonyl (C=O) groups excluding carboxylic acids is 2.